The highest BCUT2D eigenvalue weighted by atomic mass is 16.4. The Morgan fingerprint density at radius 3 is 1.67 bits per heavy atom. The van der Waals surface area contributed by atoms with E-state index in [1.54, 1.807) is 0 Å². The number of aliphatic carboxylic acids is 1. The average Bonchev–Trinajstić information content (AvgIpc) is 2.58. The second kappa shape index (κ2) is 24.4. The van der Waals surface area contributed by atoms with Gasteiger partial charge in [-0.2, -0.15) is 0 Å². The summed E-state index contributed by atoms with van der Waals surface area (Å²) < 4.78 is 0. The van der Waals surface area contributed by atoms with Gasteiger partial charge in [0.05, 0.1) is 6.61 Å². The number of hydrogen-bond acceptors (Lipinski definition) is 3. The molecule has 0 saturated carbocycles. The quantitative estimate of drug-likeness (QED) is 0.270. The van der Waals surface area contributed by atoms with Gasteiger partial charge in [0.1, 0.15) is 0 Å². The van der Waals surface area contributed by atoms with Gasteiger partial charge in [-0.25, -0.2) is 0 Å². The van der Waals surface area contributed by atoms with Crippen molar-refractivity contribution in [3.05, 3.63) is 12.2 Å². The first-order chi connectivity index (χ1) is 11.7. The van der Waals surface area contributed by atoms with Gasteiger partial charge in [-0.1, -0.05) is 70.4 Å². The zero-order chi connectivity index (χ0) is 18.3. The number of allylic oxidation sites excluding steroid dienone is 2. The van der Waals surface area contributed by atoms with Crippen LogP contribution in [0.4, 0.5) is 0 Å². The first-order valence-electron chi connectivity index (χ1n) is 9.86. The summed E-state index contributed by atoms with van der Waals surface area (Å²) >= 11 is 0. The maximum atomic E-state index is 10.3. The van der Waals surface area contributed by atoms with E-state index >= 15 is 0 Å². The molecule has 0 radical (unpaired) electrons. The lowest BCUT2D eigenvalue weighted by Crippen LogP contribution is -2.02. The number of carbonyl (C=O) groups is 1. The fourth-order valence-corrected chi connectivity index (χ4v) is 2.35. The number of unbranched alkanes of at least 4 members (excludes halogenated alkanes) is 11. The maximum absolute atomic E-state index is 10.3. The standard InChI is InChI=1S/C18H34O2.C2H7NO/c1-2-3-4-5-6-7-8-9-10-11-12-13-14-15-16-17-18(19)20;3-1-2-4/h9-10H,2-8,11-17H2,1H3,(H,19,20);4H,1-3H2. The van der Waals surface area contributed by atoms with Crippen LogP contribution in [0.25, 0.3) is 0 Å². The highest BCUT2D eigenvalue weighted by Crippen LogP contribution is 2.09. The molecule has 0 saturated heterocycles. The minimum atomic E-state index is -0.664. The summed E-state index contributed by atoms with van der Waals surface area (Å²) in [6, 6.07) is 0. The second-order valence-corrected chi connectivity index (χ2v) is 6.24. The Balaban J connectivity index is 0. The van der Waals surface area contributed by atoms with Crippen LogP contribution in [0.3, 0.4) is 0 Å². The molecular weight excluding hydrogens is 302 g/mol. The van der Waals surface area contributed by atoms with Crippen molar-refractivity contribution in [2.24, 2.45) is 5.73 Å². The third-order valence-electron chi connectivity index (χ3n) is 3.78. The molecule has 0 atom stereocenters. The van der Waals surface area contributed by atoms with Gasteiger partial charge in [0, 0.05) is 13.0 Å². The van der Waals surface area contributed by atoms with Crippen molar-refractivity contribution in [1.29, 1.82) is 0 Å². The summed E-state index contributed by atoms with van der Waals surface area (Å²) in [7, 11) is 0. The van der Waals surface area contributed by atoms with Crippen molar-refractivity contribution < 1.29 is 15.0 Å². The first-order valence-corrected chi connectivity index (χ1v) is 9.86. The SMILES string of the molecule is CCCCCCCCC=CCCCCCCCC(=O)O.NCCO. The molecule has 0 unspecified atom stereocenters. The van der Waals surface area contributed by atoms with Crippen molar-refractivity contribution in [2.75, 3.05) is 13.2 Å². The summed E-state index contributed by atoms with van der Waals surface area (Å²) in [5, 5.41) is 16.3. The van der Waals surface area contributed by atoms with Crippen LogP contribution in [0.2, 0.25) is 0 Å². The predicted molar refractivity (Wildman–Crippen MR) is 103 cm³/mol. The Kier molecular flexibility index (Phi) is 25.8. The lowest BCUT2D eigenvalue weighted by Gasteiger charge is -1.99. The normalized spacial score (nSPS) is 10.6. The smallest absolute Gasteiger partial charge is 0.303 e. The lowest BCUT2D eigenvalue weighted by molar-refractivity contribution is -0.137. The van der Waals surface area contributed by atoms with E-state index in [0.717, 1.165) is 12.8 Å². The summed E-state index contributed by atoms with van der Waals surface area (Å²) in [5.74, 6) is -0.664. The van der Waals surface area contributed by atoms with E-state index in [1.165, 1.54) is 70.6 Å². The van der Waals surface area contributed by atoms with Crippen LogP contribution < -0.4 is 5.73 Å². The number of aliphatic hydroxyl groups is 1. The molecule has 0 heterocycles. The zero-order valence-corrected chi connectivity index (χ0v) is 15.8. The molecule has 4 nitrogen and oxygen atoms in total. The fraction of sp³-hybridized carbons (Fsp3) is 0.850. The highest BCUT2D eigenvalue weighted by Gasteiger charge is 1.95. The first kappa shape index (κ1) is 25.4. The predicted octanol–water partition coefficient (Wildman–Crippen LogP) is 5.05. The van der Waals surface area contributed by atoms with Crippen LogP contribution >= 0.6 is 0 Å². The van der Waals surface area contributed by atoms with E-state index in [2.05, 4.69) is 19.1 Å². The molecule has 0 aromatic heterocycles. The fourth-order valence-electron chi connectivity index (χ4n) is 2.35. The Morgan fingerprint density at radius 2 is 1.25 bits per heavy atom. The zero-order valence-electron chi connectivity index (χ0n) is 15.8. The molecule has 0 aromatic carbocycles. The van der Waals surface area contributed by atoms with E-state index in [-0.39, 0.29) is 6.61 Å². The number of aliphatic hydroxyl groups excluding tert-OH is 1. The Labute approximate surface area is 149 Å². The van der Waals surface area contributed by atoms with Gasteiger partial charge in [0.25, 0.3) is 0 Å². The summed E-state index contributed by atoms with van der Waals surface area (Å²) in [6.45, 7) is 2.73. The number of rotatable bonds is 16. The van der Waals surface area contributed by atoms with Crippen molar-refractivity contribution in [2.45, 2.75) is 96.8 Å². The Morgan fingerprint density at radius 1 is 0.833 bits per heavy atom. The number of hydrogen-bond donors (Lipinski definition) is 3. The molecule has 0 fully saturated rings. The molecule has 0 bridgehead atoms. The molecule has 0 rings (SSSR count). The molecule has 144 valence electrons. The van der Waals surface area contributed by atoms with Crippen molar-refractivity contribution in [3.8, 4) is 0 Å². The molecule has 0 aliphatic rings. The van der Waals surface area contributed by atoms with E-state index in [4.69, 9.17) is 15.9 Å². The van der Waals surface area contributed by atoms with Crippen LogP contribution in [-0.4, -0.2) is 29.3 Å². The van der Waals surface area contributed by atoms with Gasteiger partial charge in [-0.3, -0.25) is 4.79 Å². The van der Waals surface area contributed by atoms with Crippen molar-refractivity contribution in [1.82, 2.24) is 0 Å². The molecule has 0 amide bonds. The van der Waals surface area contributed by atoms with E-state index in [9.17, 15) is 4.79 Å². The van der Waals surface area contributed by atoms with E-state index in [1.807, 2.05) is 0 Å². The number of nitrogens with two attached hydrogens (primary N) is 1. The van der Waals surface area contributed by atoms with Crippen LogP contribution in [0.15, 0.2) is 12.2 Å². The van der Waals surface area contributed by atoms with Gasteiger partial charge < -0.3 is 15.9 Å². The number of carboxylic acids is 1. The molecular formula is C20H41NO3. The third-order valence-corrected chi connectivity index (χ3v) is 3.78. The molecule has 4 N–H and O–H groups in total. The maximum Gasteiger partial charge on any atom is 0.303 e. The molecule has 0 aromatic rings. The van der Waals surface area contributed by atoms with Gasteiger partial charge in [0.2, 0.25) is 0 Å². The van der Waals surface area contributed by atoms with Crippen LogP contribution in [-0.2, 0) is 4.79 Å². The highest BCUT2D eigenvalue weighted by molar-refractivity contribution is 5.66. The van der Waals surface area contributed by atoms with Gasteiger partial charge in [-0.15, -0.1) is 0 Å². The van der Waals surface area contributed by atoms with Crippen molar-refractivity contribution in [3.63, 3.8) is 0 Å². The molecule has 0 aliphatic carbocycles. The topological polar surface area (TPSA) is 83.5 Å². The lowest BCUT2D eigenvalue weighted by atomic mass is 10.1. The number of carboxylic acid groups (broad SMARTS) is 1. The summed E-state index contributed by atoms with van der Waals surface area (Å²) in [5.41, 5.74) is 4.78. The Hall–Kier alpha value is -0.870. The summed E-state index contributed by atoms with van der Waals surface area (Å²) in [4.78, 5) is 10.3. The van der Waals surface area contributed by atoms with Gasteiger partial charge in [-0.05, 0) is 32.1 Å². The molecule has 0 spiro atoms. The van der Waals surface area contributed by atoms with Crippen LogP contribution in [0, 0.1) is 0 Å². The van der Waals surface area contributed by atoms with Crippen LogP contribution in [0.1, 0.15) is 96.8 Å². The average molecular weight is 344 g/mol. The van der Waals surface area contributed by atoms with Gasteiger partial charge in [0.15, 0.2) is 0 Å². The second-order valence-electron chi connectivity index (χ2n) is 6.24. The van der Waals surface area contributed by atoms with Gasteiger partial charge >= 0.3 is 5.97 Å². The van der Waals surface area contributed by atoms with E-state index < -0.39 is 5.97 Å². The monoisotopic (exact) mass is 343 g/mol. The van der Waals surface area contributed by atoms with Crippen molar-refractivity contribution >= 4 is 5.97 Å². The third kappa shape index (κ3) is 29.2. The largest absolute Gasteiger partial charge is 0.481 e. The minimum Gasteiger partial charge on any atom is -0.481 e. The Bertz CT molecular complexity index is 266. The molecule has 4 heteroatoms. The summed E-state index contributed by atoms with van der Waals surface area (Å²) in [6.07, 6.45) is 21.2. The van der Waals surface area contributed by atoms with Crippen LogP contribution in [0.5, 0.6) is 0 Å². The van der Waals surface area contributed by atoms with E-state index in [0.29, 0.717) is 13.0 Å². The molecule has 0 aliphatic heterocycles. The minimum absolute atomic E-state index is 0.0972. The molecule has 24 heavy (non-hydrogen) atoms.